The van der Waals surface area contributed by atoms with E-state index in [4.69, 9.17) is 14.0 Å². The molecule has 2 aliphatic rings. The molecule has 126 valence electrons. The first kappa shape index (κ1) is 17.0. The summed E-state index contributed by atoms with van der Waals surface area (Å²) in [6.07, 6.45) is 0.327. The zero-order valence-electron chi connectivity index (χ0n) is 15.0. The Hall–Kier alpha value is -0.875. The van der Waals surface area contributed by atoms with Crippen molar-refractivity contribution in [3.63, 3.8) is 0 Å². The maximum atomic E-state index is 6.10. The van der Waals surface area contributed by atoms with Gasteiger partial charge in [-0.25, -0.2) is 0 Å². The second-order valence-electron chi connectivity index (χ2n) is 7.75. The van der Waals surface area contributed by atoms with Gasteiger partial charge in [-0.2, -0.15) is 0 Å². The van der Waals surface area contributed by atoms with Gasteiger partial charge in [-0.15, -0.1) is 0 Å². The lowest BCUT2D eigenvalue weighted by molar-refractivity contribution is -0.0212. The van der Waals surface area contributed by atoms with Crippen LogP contribution in [-0.4, -0.2) is 49.0 Å². The highest BCUT2D eigenvalue weighted by Crippen LogP contribution is 2.36. The van der Waals surface area contributed by atoms with Crippen LogP contribution in [0.3, 0.4) is 0 Å². The number of benzene rings is 1. The van der Waals surface area contributed by atoms with Crippen molar-refractivity contribution >= 4 is 12.6 Å². The van der Waals surface area contributed by atoms with Gasteiger partial charge in [-0.3, -0.25) is 4.90 Å². The summed E-state index contributed by atoms with van der Waals surface area (Å²) in [4.78, 5) is 2.44. The molecule has 0 aromatic heterocycles. The standard InChI is InChI=1S/C18H28BNO3/c1-14-12-20(10-11-21-14)13-15-6-8-16(9-7-15)19-22-17(2,3)18(4,5)23-19/h6-9,14H,10-13H2,1-5H3. The lowest BCUT2D eigenvalue weighted by Crippen LogP contribution is -2.41. The number of nitrogens with zero attached hydrogens (tertiary/aromatic N) is 1. The van der Waals surface area contributed by atoms with Crippen LogP contribution in [0.5, 0.6) is 0 Å². The molecular weight excluding hydrogens is 289 g/mol. The zero-order valence-corrected chi connectivity index (χ0v) is 15.0. The normalized spacial score (nSPS) is 27.3. The third kappa shape index (κ3) is 3.63. The molecule has 2 heterocycles. The molecule has 0 N–H and O–H groups in total. The summed E-state index contributed by atoms with van der Waals surface area (Å²) in [5.41, 5.74) is 1.82. The Morgan fingerprint density at radius 1 is 1.09 bits per heavy atom. The van der Waals surface area contributed by atoms with Crippen LogP contribution in [0.2, 0.25) is 0 Å². The predicted octanol–water partition coefficient (Wildman–Crippen LogP) is 2.21. The van der Waals surface area contributed by atoms with Gasteiger partial charge in [0.2, 0.25) is 0 Å². The summed E-state index contributed by atoms with van der Waals surface area (Å²) in [6.45, 7) is 14.3. The summed E-state index contributed by atoms with van der Waals surface area (Å²) in [7, 11) is -0.280. The number of morpholine rings is 1. The largest absolute Gasteiger partial charge is 0.494 e. The van der Waals surface area contributed by atoms with Crippen molar-refractivity contribution in [3.05, 3.63) is 29.8 Å². The molecule has 0 amide bonds. The van der Waals surface area contributed by atoms with Gasteiger partial charge in [0.15, 0.2) is 0 Å². The van der Waals surface area contributed by atoms with Crippen molar-refractivity contribution in [2.75, 3.05) is 19.7 Å². The number of hydrogen-bond acceptors (Lipinski definition) is 4. The monoisotopic (exact) mass is 317 g/mol. The second kappa shape index (κ2) is 6.21. The van der Waals surface area contributed by atoms with E-state index in [0.717, 1.165) is 31.7 Å². The van der Waals surface area contributed by atoms with Gasteiger partial charge in [0.1, 0.15) is 0 Å². The number of ether oxygens (including phenoxy) is 1. The topological polar surface area (TPSA) is 30.9 Å². The maximum absolute atomic E-state index is 6.10. The maximum Gasteiger partial charge on any atom is 0.494 e. The van der Waals surface area contributed by atoms with Crippen molar-refractivity contribution in [1.82, 2.24) is 4.90 Å². The van der Waals surface area contributed by atoms with E-state index in [1.54, 1.807) is 0 Å². The summed E-state index contributed by atoms with van der Waals surface area (Å²) >= 11 is 0. The van der Waals surface area contributed by atoms with Crippen molar-refractivity contribution in [2.45, 2.75) is 58.5 Å². The fourth-order valence-corrected chi connectivity index (χ4v) is 3.05. The molecule has 4 nitrogen and oxygen atoms in total. The Morgan fingerprint density at radius 2 is 1.70 bits per heavy atom. The molecule has 0 spiro atoms. The van der Waals surface area contributed by atoms with Crippen molar-refractivity contribution in [3.8, 4) is 0 Å². The molecule has 1 aromatic rings. The van der Waals surface area contributed by atoms with Crippen molar-refractivity contribution in [2.24, 2.45) is 0 Å². The SMILES string of the molecule is CC1CN(Cc2ccc(B3OC(C)(C)C(C)(C)O3)cc2)CCO1. The van der Waals surface area contributed by atoms with Gasteiger partial charge in [0, 0.05) is 19.6 Å². The Bertz CT molecular complexity index is 528. The van der Waals surface area contributed by atoms with Crippen LogP contribution in [0, 0.1) is 0 Å². The molecule has 3 rings (SSSR count). The fraction of sp³-hybridized carbons (Fsp3) is 0.667. The van der Waals surface area contributed by atoms with E-state index in [2.05, 4.69) is 63.8 Å². The Balaban J connectivity index is 1.64. The average molecular weight is 317 g/mol. The first-order chi connectivity index (χ1) is 10.8. The average Bonchev–Trinajstić information content (AvgIpc) is 2.68. The zero-order chi connectivity index (χ0) is 16.7. The molecule has 2 aliphatic heterocycles. The highest BCUT2D eigenvalue weighted by Gasteiger charge is 2.51. The van der Waals surface area contributed by atoms with E-state index in [1.807, 2.05) is 0 Å². The van der Waals surface area contributed by atoms with E-state index in [-0.39, 0.29) is 18.3 Å². The van der Waals surface area contributed by atoms with Crippen molar-refractivity contribution < 1.29 is 14.0 Å². The Kier molecular flexibility index (Phi) is 4.58. The summed E-state index contributed by atoms with van der Waals surface area (Å²) in [5, 5.41) is 0. The van der Waals surface area contributed by atoms with Crippen molar-refractivity contribution in [1.29, 1.82) is 0 Å². The van der Waals surface area contributed by atoms with Crippen LogP contribution in [0.4, 0.5) is 0 Å². The molecule has 2 fully saturated rings. The van der Waals surface area contributed by atoms with Crippen LogP contribution >= 0.6 is 0 Å². The number of rotatable bonds is 3. The lowest BCUT2D eigenvalue weighted by atomic mass is 9.79. The minimum absolute atomic E-state index is 0.280. The third-order valence-corrected chi connectivity index (χ3v) is 5.24. The van der Waals surface area contributed by atoms with Gasteiger partial charge in [-0.1, -0.05) is 24.3 Å². The fourth-order valence-electron chi connectivity index (χ4n) is 3.05. The minimum atomic E-state index is -0.291. The molecule has 1 unspecified atom stereocenters. The first-order valence-electron chi connectivity index (χ1n) is 8.55. The highest BCUT2D eigenvalue weighted by atomic mass is 16.7. The van der Waals surface area contributed by atoms with E-state index in [0.29, 0.717) is 6.10 Å². The van der Waals surface area contributed by atoms with Crippen LogP contribution in [0.1, 0.15) is 40.2 Å². The van der Waals surface area contributed by atoms with Crippen LogP contribution < -0.4 is 5.46 Å². The van der Waals surface area contributed by atoms with Gasteiger partial charge >= 0.3 is 7.12 Å². The molecule has 5 heteroatoms. The molecule has 1 aromatic carbocycles. The van der Waals surface area contributed by atoms with Crippen LogP contribution in [0.15, 0.2) is 24.3 Å². The second-order valence-corrected chi connectivity index (χ2v) is 7.75. The molecule has 0 saturated carbocycles. The first-order valence-corrected chi connectivity index (χ1v) is 8.55. The quantitative estimate of drug-likeness (QED) is 0.800. The van der Waals surface area contributed by atoms with Gasteiger partial charge < -0.3 is 14.0 Å². The van der Waals surface area contributed by atoms with Crippen LogP contribution in [-0.2, 0) is 20.6 Å². The molecule has 0 aliphatic carbocycles. The predicted molar refractivity (Wildman–Crippen MR) is 92.8 cm³/mol. The third-order valence-electron chi connectivity index (χ3n) is 5.24. The molecule has 0 radical (unpaired) electrons. The van der Waals surface area contributed by atoms with E-state index >= 15 is 0 Å². The molecule has 2 saturated heterocycles. The van der Waals surface area contributed by atoms with E-state index in [9.17, 15) is 0 Å². The Morgan fingerprint density at radius 3 is 2.26 bits per heavy atom. The van der Waals surface area contributed by atoms with Gasteiger partial charge in [0.25, 0.3) is 0 Å². The number of hydrogen-bond donors (Lipinski definition) is 0. The molecule has 0 bridgehead atoms. The molecule has 1 atom stereocenters. The van der Waals surface area contributed by atoms with E-state index in [1.165, 1.54) is 5.56 Å². The van der Waals surface area contributed by atoms with E-state index < -0.39 is 0 Å². The summed E-state index contributed by atoms with van der Waals surface area (Å²) < 4.78 is 17.8. The lowest BCUT2D eigenvalue weighted by Gasteiger charge is -2.32. The van der Waals surface area contributed by atoms with Crippen LogP contribution in [0.25, 0.3) is 0 Å². The summed E-state index contributed by atoms with van der Waals surface area (Å²) in [5.74, 6) is 0. The highest BCUT2D eigenvalue weighted by molar-refractivity contribution is 6.62. The molecular formula is C18H28BNO3. The minimum Gasteiger partial charge on any atom is -0.399 e. The van der Waals surface area contributed by atoms with Gasteiger partial charge in [-0.05, 0) is 45.6 Å². The van der Waals surface area contributed by atoms with Gasteiger partial charge in [0.05, 0.1) is 23.9 Å². The molecule has 23 heavy (non-hydrogen) atoms. The Labute approximate surface area is 140 Å². The summed E-state index contributed by atoms with van der Waals surface area (Å²) in [6, 6.07) is 8.61. The smallest absolute Gasteiger partial charge is 0.399 e.